The van der Waals surface area contributed by atoms with E-state index >= 15 is 0 Å². The number of rotatable bonds is 6. The topological polar surface area (TPSA) is 55.4 Å². The van der Waals surface area contributed by atoms with Gasteiger partial charge in [0.05, 0.1) is 6.04 Å². The van der Waals surface area contributed by atoms with Crippen molar-refractivity contribution < 1.29 is 14.3 Å². The Hall–Kier alpha value is -1.84. The first-order valence-corrected chi connectivity index (χ1v) is 8.21. The van der Waals surface area contributed by atoms with E-state index in [9.17, 15) is 9.59 Å². The van der Waals surface area contributed by atoms with E-state index in [0.717, 1.165) is 5.57 Å². The second-order valence-electron chi connectivity index (χ2n) is 5.05. The molecule has 0 spiro atoms. The summed E-state index contributed by atoms with van der Waals surface area (Å²) < 4.78 is 5.10. The monoisotopic (exact) mass is 325 g/mol. The molecule has 1 atom stereocenters. The van der Waals surface area contributed by atoms with Gasteiger partial charge in [0.25, 0.3) is 0 Å². The van der Waals surface area contributed by atoms with Crippen molar-refractivity contribution in [1.82, 2.24) is 5.32 Å². The number of hydrogen-bond donors (Lipinski definition) is 1. The Kier molecular flexibility index (Phi) is 18.7. The van der Waals surface area contributed by atoms with E-state index in [-0.39, 0.29) is 0 Å². The molecule has 0 rings (SSSR count). The molecule has 0 aliphatic rings. The first kappa shape index (κ1) is 26.1. The van der Waals surface area contributed by atoms with Crippen LogP contribution in [-0.4, -0.2) is 24.0 Å². The average molecular weight is 325 g/mol. The summed E-state index contributed by atoms with van der Waals surface area (Å²) in [4.78, 5) is 22.6. The van der Waals surface area contributed by atoms with E-state index in [4.69, 9.17) is 4.74 Å². The maximum atomic E-state index is 11.6. The number of allylic oxidation sites excluding steroid dienone is 4. The van der Waals surface area contributed by atoms with Crippen LogP contribution in [0.25, 0.3) is 0 Å². The molecule has 0 bridgehead atoms. The standard InChI is InChI=1S/C15H23NO3.2C2H6/c1-6-8-9-12(7-2)10-13(11-17)16-14(18)19-15(3,4)5;2*1-2/h6-9,11,13H,1,10H2,2-5H3,(H,16,18);2*1-2H3/b9-8-,12-7+;;. The van der Waals surface area contributed by atoms with Crippen molar-refractivity contribution in [3.8, 4) is 0 Å². The third kappa shape index (κ3) is 18.1. The van der Waals surface area contributed by atoms with Gasteiger partial charge in [-0.25, -0.2) is 4.79 Å². The van der Waals surface area contributed by atoms with Crippen LogP contribution in [0.15, 0.2) is 36.5 Å². The molecule has 134 valence electrons. The van der Waals surface area contributed by atoms with Gasteiger partial charge >= 0.3 is 6.09 Å². The molecular formula is C19H35NO3. The zero-order valence-corrected chi connectivity index (χ0v) is 16.1. The zero-order chi connectivity index (χ0) is 18.9. The molecule has 0 saturated carbocycles. The van der Waals surface area contributed by atoms with Crippen LogP contribution < -0.4 is 5.32 Å². The number of hydrogen-bond acceptors (Lipinski definition) is 3. The number of carbonyl (C=O) groups is 2. The van der Waals surface area contributed by atoms with Crippen molar-refractivity contribution in [2.45, 2.75) is 73.5 Å². The second kappa shape index (κ2) is 16.5. The fraction of sp³-hybridized carbons (Fsp3) is 0.579. The Bertz CT molecular complexity index is 377. The minimum atomic E-state index is -0.601. The van der Waals surface area contributed by atoms with Gasteiger partial charge in [-0.1, -0.05) is 58.6 Å². The first-order valence-electron chi connectivity index (χ1n) is 8.21. The van der Waals surface area contributed by atoms with Gasteiger partial charge in [-0.2, -0.15) is 0 Å². The summed E-state index contributed by atoms with van der Waals surface area (Å²) in [5.74, 6) is 0. The predicted octanol–water partition coefficient (Wildman–Crippen LogP) is 5.21. The molecule has 1 amide bonds. The van der Waals surface area contributed by atoms with Crippen LogP contribution in [-0.2, 0) is 9.53 Å². The lowest BCUT2D eigenvalue weighted by Gasteiger charge is -2.21. The number of carbonyl (C=O) groups excluding carboxylic acids is 2. The zero-order valence-electron chi connectivity index (χ0n) is 16.1. The molecule has 0 fully saturated rings. The van der Waals surface area contributed by atoms with Gasteiger partial charge in [0.15, 0.2) is 0 Å². The van der Waals surface area contributed by atoms with Crippen LogP contribution >= 0.6 is 0 Å². The Balaban J connectivity index is -0.000000919. The molecule has 23 heavy (non-hydrogen) atoms. The van der Waals surface area contributed by atoms with Crippen molar-refractivity contribution >= 4 is 12.4 Å². The molecular weight excluding hydrogens is 290 g/mol. The Morgan fingerprint density at radius 1 is 1.22 bits per heavy atom. The van der Waals surface area contributed by atoms with Crippen LogP contribution in [0.5, 0.6) is 0 Å². The van der Waals surface area contributed by atoms with Crippen molar-refractivity contribution in [3.63, 3.8) is 0 Å². The summed E-state index contributed by atoms with van der Waals surface area (Å²) >= 11 is 0. The molecule has 4 nitrogen and oxygen atoms in total. The molecule has 0 saturated heterocycles. The molecule has 0 heterocycles. The fourth-order valence-electron chi connectivity index (χ4n) is 1.32. The SMILES string of the molecule is C=C/C=C\C(=C/C)CC(C=O)NC(=O)OC(C)(C)C.CC.CC. The number of ether oxygens (including phenoxy) is 1. The minimum absolute atomic E-state index is 0.420. The number of aldehydes is 1. The van der Waals surface area contributed by atoms with Crippen molar-refractivity contribution in [2.75, 3.05) is 0 Å². The lowest BCUT2D eigenvalue weighted by molar-refractivity contribution is -0.109. The molecule has 0 aliphatic heterocycles. The molecule has 0 aromatic heterocycles. The summed E-state index contributed by atoms with van der Waals surface area (Å²) in [5, 5.41) is 2.53. The smallest absolute Gasteiger partial charge is 0.408 e. The van der Waals surface area contributed by atoms with Crippen molar-refractivity contribution in [3.05, 3.63) is 36.5 Å². The average Bonchev–Trinajstić information content (AvgIpc) is 2.52. The second-order valence-corrected chi connectivity index (χ2v) is 5.05. The van der Waals surface area contributed by atoms with E-state index in [1.165, 1.54) is 0 Å². The lowest BCUT2D eigenvalue weighted by Crippen LogP contribution is -2.40. The van der Waals surface area contributed by atoms with Crippen LogP contribution in [0, 0.1) is 0 Å². The van der Waals surface area contributed by atoms with Crippen molar-refractivity contribution in [1.29, 1.82) is 0 Å². The Morgan fingerprint density at radius 3 is 2.09 bits per heavy atom. The van der Waals surface area contributed by atoms with Gasteiger partial charge in [0.1, 0.15) is 11.9 Å². The largest absolute Gasteiger partial charge is 0.444 e. The quantitative estimate of drug-likeness (QED) is 0.539. The van der Waals surface area contributed by atoms with E-state index < -0.39 is 17.7 Å². The van der Waals surface area contributed by atoms with E-state index in [0.29, 0.717) is 12.7 Å². The van der Waals surface area contributed by atoms with Gasteiger partial charge in [0, 0.05) is 0 Å². The summed E-state index contributed by atoms with van der Waals surface area (Å²) in [6, 6.07) is -0.601. The first-order chi connectivity index (χ1) is 10.8. The third-order valence-corrected chi connectivity index (χ3v) is 2.14. The Morgan fingerprint density at radius 2 is 1.74 bits per heavy atom. The number of amides is 1. The molecule has 4 heteroatoms. The van der Waals surface area contributed by atoms with Crippen LogP contribution in [0.1, 0.15) is 61.8 Å². The predicted molar refractivity (Wildman–Crippen MR) is 99.6 cm³/mol. The van der Waals surface area contributed by atoms with Gasteiger partial charge in [-0.3, -0.25) is 0 Å². The maximum Gasteiger partial charge on any atom is 0.408 e. The van der Waals surface area contributed by atoms with Crippen LogP contribution in [0.2, 0.25) is 0 Å². The summed E-state index contributed by atoms with van der Waals surface area (Å²) in [6.45, 7) is 18.8. The van der Waals surface area contributed by atoms with Gasteiger partial charge in [-0.05, 0) is 39.7 Å². The van der Waals surface area contributed by atoms with E-state index in [1.807, 2.05) is 46.8 Å². The number of alkyl carbamates (subject to hydrolysis) is 1. The summed E-state index contributed by atoms with van der Waals surface area (Å²) in [7, 11) is 0. The molecule has 0 aromatic carbocycles. The summed E-state index contributed by atoms with van der Waals surface area (Å²) in [5.41, 5.74) is 0.358. The minimum Gasteiger partial charge on any atom is -0.444 e. The third-order valence-electron chi connectivity index (χ3n) is 2.14. The van der Waals surface area contributed by atoms with Gasteiger partial charge in [0.2, 0.25) is 0 Å². The highest BCUT2D eigenvalue weighted by molar-refractivity contribution is 5.73. The summed E-state index contributed by atoms with van der Waals surface area (Å²) in [6.07, 6.45) is 7.70. The van der Waals surface area contributed by atoms with E-state index in [1.54, 1.807) is 32.9 Å². The Labute approximate surface area is 142 Å². The normalized spacial score (nSPS) is 12.1. The van der Waals surface area contributed by atoms with Gasteiger partial charge < -0.3 is 14.8 Å². The van der Waals surface area contributed by atoms with Crippen LogP contribution in [0.3, 0.4) is 0 Å². The lowest BCUT2D eigenvalue weighted by atomic mass is 10.1. The maximum absolute atomic E-state index is 11.6. The van der Waals surface area contributed by atoms with E-state index in [2.05, 4.69) is 11.9 Å². The number of nitrogens with one attached hydrogen (secondary N) is 1. The highest BCUT2D eigenvalue weighted by Crippen LogP contribution is 2.09. The van der Waals surface area contributed by atoms with Crippen LogP contribution in [0.4, 0.5) is 4.79 Å². The van der Waals surface area contributed by atoms with Gasteiger partial charge in [-0.15, -0.1) is 0 Å². The fourth-order valence-corrected chi connectivity index (χ4v) is 1.32. The molecule has 1 N–H and O–H groups in total. The highest BCUT2D eigenvalue weighted by Gasteiger charge is 2.19. The van der Waals surface area contributed by atoms with Crippen molar-refractivity contribution in [2.24, 2.45) is 0 Å². The molecule has 0 aromatic rings. The molecule has 0 radical (unpaired) electrons. The molecule has 1 unspecified atom stereocenters. The highest BCUT2D eigenvalue weighted by atomic mass is 16.6. The molecule has 0 aliphatic carbocycles.